The number of carbonyl (C=O) groups is 2. The Morgan fingerprint density at radius 1 is 1.07 bits per heavy atom. The number of nitrogens with zero attached hydrogens (tertiary/aromatic N) is 1. The lowest BCUT2D eigenvalue weighted by atomic mass is 9.62. The Labute approximate surface area is 258 Å². The SMILES string of the molecule is CCOC(=O)c1cc(NC(=O)[C@@H]2N[C@@H](CC(C)(C)C)[C@](C#N)(c3ccc(Cl)cc3F)C2c2cccc(Cl)c2F)ccc1F. The number of esters is 1. The van der Waals surface area contributed by atoms with Crippen molar-refractivity contribution in [1.82, 2.24) is 5.32 Å². The number of hydrogen-bond acceptors (Lipinski definition) is 5. The normalized spacial score (nSPS) is 21.7. The maximum Gasteiger partial charge on any atom is 0.341 e. The monoisotopic (exact) mass is 631 g/mol. The van der Waals surface area contributed by atoms with Crippen LogP contribution in [-0.4, -0.2) is 30.6 Å². The summed E-state index contributed by atoms with van der Waals surface area (Å²) in [5.41, 5.74) is -2.70. The van der Waals surface area contributed by atoms with Crippen LogP contribution in [0.5, 0.6) is 0 Å². The minimum Gasteiger partial charge on any atom is -0.462 e. The molecule has 3 aromatic carbocycles. The van der Waals surface area contributed by atoms with Gasteiger partial charge in [0.25, 0.3) is 0 Å². The standard InChI is InChI=1S/C32H30Cl2F3N3O3/c1-5-43-30(42)20-14-18(10-12-23(20)35)39-29(41)28-26(19-7-6-8-22(34)27(19)37)32(16-38,25(40-28)15-31(2,3)4)21-11-9-17(33)13-24(21)36/h6-14,25-26,28,40H,5,15H2,1-4H3,(H,39,41)/t25-,26?,28+,32-/m0/s1. The summed E-state index contributed by atoms with van der Waals surface area (Å²) in [6.07, 6.45) is 0.286. The van der Waals surface area contributed by atoms with E-state index >= 15 is 8.78 Å². The average molecular weight is 633 g/mol. The van der Waals surface area contributed by atoms with E-state index in [-0.39, 0.29) is 39.9 Å². The first-order valence-electron chi connectivity index (χ1n) is 13.6. The molecule has 11 heteroatoms. The van der Waals surface area contributed by atoms with Gasteiger partial charge in [0, 0.05) is 28.2 Å². The third-order valence-corrected chi connectivity index (χ3v) is 7.99. The van der Waals surface area contributed by atoms with Gasteiger partial charge in [-0.3, -0.25) is 4.79 Å². The smallest absolute Gasteiger partial charge is 0.341 e. The van der Waals surface area contributed by atoms with E-state index in [1.807, 2.05) is 20.8 Å². The predicted molar refractivity (Wildman–Crippen MR) is 159 cm³/mol. The van der Waals surface area contributed by atoms with Crippen molar-refractivity contribution in [1.29, 1.82) is 5.26 Å². The maximum absolute atomic E-state index is 15.8. The van der Waals surface area contributed by atoms with Gasteiger partial charge in [-0.05, 0) is 60.7 Å². The van der Waals surface area contributed by atoms with Crippen molar-refractivity contribution in [3.05, 3.63) is 98.8 Å². The van der Waals surface area contributed by atoms with Crippen molar-refractivity contribution in [2.24, 2.45) is 5.41 Å². The predicted octanol–water partition coefficient (Wildman–Crippen LogP) is 7.55. The fraction of sp³-hybridized carbons (Fsp3) is 0.344. The summed E-state index contributed by atoms with van der Waals surface area (Å²) < 4.78 is 50.8. The van der Waals surface area contributed by atoms with Gasteiger partial charge in [-0.15, -0.1) is 0 Å². The molecule has 3 aromatic rings. The molecule has 1 heterocycles. The van der Waals surface area contributed by atoms with Crippen LogP contribution in [0.4, 0.5) is 18.9 Å². The quantitative estimate of drug-likeness (QED) is 0.263. The Morgan fingerprint density at radius 2 is 1.79 bits per heavy atom. The summed E-state index contributed by atoms with van der Waals surface area (Å²) in [7, 11) is 0. The number of amides is 1. The van der Waals surface area contributed by atoms with E-state index in [4.69, 9.17) is 27.9 Å². The van der Waals surface area contributed by atoms with E-state index in [1.165, 1.54) is 36.4 Å². The molecule has 43 heavy (non-hydrogen) atoms. The van der Waals surface area contributed by atoms with Gasteiger partial charge in [-0.1, -0.05) is 62.2 Å². The van der Waals surface area contributed by atoms with Gasteiger partial charge in [0.05, 0.1) is 29.3 Å². The second-order valence-corrected chi connectivity index (χ2v) is 12.4. The van der Waals surface area contributed by atoms with E-state index < -0.39 is 63.7 Å². The number of benzene rings is 3. The Balaban J connectivity index is 1.91. The Morgan fingerprint density at radius 3 is 2.42 bits per heavy atom. The van der Waals surface area contributed by atoms with Crippen LogP contribution in [0.2, 0.25) is 10.0 Å². The van der Waals surface area contributed by atoms with Crippen LogP contribution in [-0.2, 0) is 14.9 Å². The first kappa shape index (κ1) is 32.3. The zero-order valence-corrected chi connectivity index (χ0v) is 25.4. The summed E-state index contributed by atoms with van der Waals surface area (Å²) in [4.78, 5) is 26.3. The van der Waals surface area contributed by atoms with Crippen LogP contribution in [0.1, 0.15) is 61.5 Å². The molecule has 226 valence electrons. The van der Waals surface area contributed by atoms with E-state index in [2.05, 4.69) is 16.7 Å². The number of ether oxygens (including phenoxy) is 1. The Hall–Kier alpha value is -3.58. The van der Waals surface area contributed by atoms with Gasteiger partial charge < -0.3 is 15.4 Å². The summed E-state index contributed by atoms with van der Waals surface area (Å²) in [6.45, 7) is 7.36. The van der Waals surface area contributed by atoms with Crippen LogP contribution in [0.15, 0.2) is 54.6 Å². The molecule has 1 fully saturated rings. The van der Waals surface area contributed by atoms with E-state index in [9.17, 15) is 19.2 Å². The minimum atomic E-state index is -1.81. The molecule has 0 aliphatic carbocycles. The first-order valence-corrected chi connectivity index (χ1v) is 14.3. The molecule has 4 rings (SSSR count). The minimum absolute atomic E-state index is 0.0143. The molecular weight excluding hydrogens is 602 g/mol. The molecule has 0 spiro atoms. The highest BCUT2D eigenvalue weighted by Crippen LogP contribution is 2.52. The van der Waals surface area contributed by atoms with Crippen LogP contribution >= 0.6 is 23.2 Å². The first-order chi connectivity index (χ1) is 20.2. The van der Waals surface area contributed by atoms with Crippen molar-refractivity contribution in [2.75, 3.05) is 11.9 Å². The molecule has 0 radical (unpaired) electrons. The molecule has 2 N–H and O–H groups in total. The summed E-state index contributed by atoms with van der Waals surface area (Å²) in [6, 6.07) is 11.6. The molecule has 1 aliphatic rings. The molecule has 1 aliphatic heterocycles. The Bertz CT molecular complexity index is 1600. The lowest BCUT2D eigenvalue weighted by Gasteiger charge is -2.37. The van der Waals surface area contributed by atoms with Gasteiger partial charge in [0.15, 0.2) is 0 Å². The second-order valence-electron chi connectivity index (χ2n) is 11.6. The lowest BCUT2D eigenvalue weighted by Crippen LogP contribution is -2.45. The maximum atomic E-state index is 15.8. The van der Waals surface area contributed by atoms with Crippen molar-refractivity contribution in [3.63, 3.8) is 0 Å². The van der Waals surface area contributed by atoms with Crippen molar-refractivity contribution in [3.8, 4) is 6.07 Å². The van der Waals surface area contributed by atoms with Gasteiger partial charge in [0.2, 0.25) is 5.91 Å². The van der Waals surface area contributed by atoms with E-state index in [0.717, 1.165) is 18.2 Å². The van der Waals surface area contributed by atoms with Crippen LogP contribution in [0.3, 0.4) is 0 Å². The molecule has 6 nitrogen and oxygen atoms in total. The fourth-order valence-corrected chi connectivity index (χ4v) is 6.09. The molecule has 4 atom stereocenters. The second kappa shape index (κ2) is 12.6. The van der Waals surface area contributed by atoms with Crippen LogP contribution < -0.4 is 10.6 Å². The van der Waals surface area contributed by atoms with Crippen LogP contribution in [0, 0.1) is 34.2 Å². The third-order valence-electron chi connectivity index (χ3n) is 7.46. The van der Waals surface area contributed by atoms with Gasteiger partial charge in [-0.25, -0.2) is 18.0 Å². The molecular formula is C32H30Cl2F3N3O3. The molecule has 1 unspecified atom stereocenters. The van der Waals surface area contributed by atoms with Crippen molar-refractivity contribution >= 4 is 40.8 Å². The summed E-state index contributed by atoms with van der Waals surface area (Å²) in [5.74, 6) is -5.42. The number of carbonyl (C=O) groups excluding carboxylic acids is 2. The van der Waals surface area contributed by atoms with Crippen molar-refractivity contribution < 1.29 is 27.5 Å². The third kappa shape index (κ3) is 6.37. The van der Waals surface area contributed by atoms with Gasteiger partial charge >= 0.3 is 5.97 Å². The number of rotatable bonds is 7. The lowest BCUT2D eigenvalue weighted by molar-refractivity contribution is -0.118. The molecule has 1 amide bonds. The van der Waals surface area contributed by atoms with E-state index in [0.29, 0.717) is 0 Å². The van der Waals surface area contributed by atoms with E-state index in [1.54, 1.807) is 6.92 Å². The number of nitrogens with one attached hydrogen (secondary N) is 2. The number of halogens is 5. The average Bonchev–Trinajstić information content (AvgIpc) is 3.24. The molecule has 0 bridgehead atoms. The molecule has 0 aromatic heterocycles. The topological polar surface area (TPSA) is 91.2 Å². The highest BCUT2D eigenvalue weighted by molar-refractivity contribution is 6.31. The van der Waals surface area contributed by atoms with Gasteiger partial charge in [-0.2, -0.15) is 5.26 Å². The highest BCUT2D eigenvalue weighted by atomic mass is 35.5. The number of anilines is 1. The number of hydrogen-bond donors (Lipinski definition) is 2. The zero-order valence-electron chi connectivity index (χ0n) is 23.9. The number of nitriles is 1. The summed E-state index contributed by atoms with van der Waals surface area (Å²) in [5, 5.41) is 16.6. The Kier molecular flexibility index (Phi) is 9.45. The zero-order chi connectivity index (χ0) is 31.7. The van der Waals surface area contributed by atoms with Gasteiger partial charge in [0.1, 0.15) is 22.9 Å². The molecule has 1 saturated heterocycles. The summed E-state index contributed by atoms with van der Waals surface area (Å²) >= 11 is 12.2. The molecule has 0 saturated carbocycles. The highest BCUT2D eigenvalue weighted by Gasteiger charge is 2.61. The van der Waals surface area contributed by atoms with Crippen molar-refractivity contribution in [2.45, 2.75) is 57.5 Å². The largest absolute Gasteiger partial charge is 0.462 e. The fourth-order valence-electron chi connectivity index (χ4n) is 5.75. The van der Waals surface area contributed by atoms with Crippen LogP contribution in [0.25, 0.3) is 0 Å².